The van der Waals surface area contributed by atoms with Crippen molar-refractivity contribution in [3.63, 3.8) is 0 Å². The topological polar surface area (TPSA) is 75.2 Å². The fourth-order valence-corrected chi connectivity index (χ4v) is 2.89. The van der Waals surface area contributed by atoms with Gasteiger partial charge in [-0.15, -0.1) is 0 Å². The first-order valence-electron chi connectivity index (χ1n) is 7.88. The summed E-state index contributed by atoms with van der Waals surface area (Å²) in [5.74, 6) is 0.652. The third-order valence-electron chi connectivity index (χ3n) is 5.18. The maximum atomic E-state index is 12.6. The van der Waals surface area contributed by atoms with E-state index in [9.17, 15) is 9.59 Å². The molecule has 2 amide bonds. The van der Waals surface area contributed by atoms with Gasteiger partial charge in [-0.1, -0.05) is 20.3 Å². The van der Waals surface area contributed by atoms with Crippen molar-refractivity contribution in [1.82, 2.24) is 15.4 Å². The summed E-state index contributed by atoms with van der Waals surface area (Å²) >= 11 is 0. The standard InChI is InChI=1S/C16H22N4O2/c1-10(2)16(3)9-12(21)20(19-15(16)22)14-13(11-5-4-6-11)17-7-8-18-14/h7-8,10-11H,4-6,9H2,1-3H3,(H,19,22). The van der Waals surface area contributed by atoms with Gasteiger partial charge in [0.2, 0.25) is 11.8 Å². The average molecular weight is 302 g/mol. The molecular formula is C16H22N4O2. The van der Waals surface area contributed by atoms with E-state index in [4.69, 9.17) is 0 Å². The number of hydrogen-bond donors (Lipinski definition) is 1. The predicted molar refractivity (Wildman–Crippen MR) is 81.8 cm³/mol. The summed E-state index contributed by atoms with van der Waals surface area (Å²) in [6, 6.07) is 0. The van der Waals surface area contributed by atoms with Crippen molar-refractivity contribution in [2.45, 2.75) is 52.4 Å². The van der Waals surface area contributed by atoms with Crippen LogP contribution in [-0.2, 0) is 9.59 Å². The third-order valence-corrected chi connectivity index (χ3v) is 5.18. The quantitative estimate of drug-likeness (QED) is 0.928. The number of aromatic nitrogens is 2. The van der Waals surface area contributed by atoms with Gasteiger partial charge in [0.1, 0.15) is 0 Å². The number of carbonyl (C=O) groups is 2. The van der Waals surface area contributed by atoms with Crippen LogP contribution < -0.4 is 10.4 Å². The predicted octanol–water partition coefficient (Wildman–Crippen LogP) is 2.17. The Morgan fingerprint density at radius 1 is 1.27 bits per heavy atom. The lowest BCUT2D eigenvalue weighted by Gasteiger charge is -2.40. The highest BCUT2D eigenvalue weighted by atomic mass is 16.2. The molecule has 1 aromatic heterocycles. The monoisotopic (exact) mass is 302 g/mol. The van der Waals surface area contributed by atoms with Gasteiger partial charge in [-0.3, -0.25) is 20.0 Å². The first-order valence-corrected chi connectivity index (χ1v) is 7.88. The van der Waals surface area contributed by atoms with Crippen molar-refractivity contribution in [3.05, 3.63) is 18.1 Å². The highest BCUT2D eigenvalue weighted by Crippen LogP contribution is 2.40. The second-order valence-electron chi connectivity index (χ2n) is 6.81. The molecular weight excluding hydrogens is 280 g/mol. The maximum absolute atomic E-state index is 12.6. The largest absolute Gasteiger partial charge is 0.273 e. The lowest BCUT2D eigenvalue weighted by Crippen LogP contribution is -2.60. The van der Waals surface area contributed by atoms with Crippen LogP contribution in [0.3, 0.4) is 0 Å². The van der Waals surface area contributed by atoms with Crippen LogP contribution in [0.25, 0.3) is 0 Å². The Labute approximate surface area is 130 Å². The molecule has 6 nitrogen and oxygen atoms in total. The van der Waals surface area contributed by atoms with Crippen LogP contribution in [0, 0.1) is 11.3 Å². The lowest BCUT2D eigenvalue weighted by atomic mass is 9.74. The molecule has 1 aliphatic heterocycles. The summed E-state index contributed by atoms with van der Waals surface area (Å²) in [5.41, 5.74) is 2.88. The molecule has 0 radical (unpaired) electrons. The highest BCUT2D eigenvalue weighted by molar-refractivity contribution is 6.03. The fourth-order valence-electron chi connectivity index (χ4n) is 2.89. The molecule has 1 atom stereocenters. The average Bonchev–Trinajstić information content (AvgIpc) is 2.42. The van der Waals surface area contributed by atoms with Gasteiger partial charge in [0.25, 0.3) is 0 Å². The minimum atomic E-state index is -0.674. The van der Waals surface area contributed by atoms with Crippen LogP contribution in [0.4, 0.5) is 5.82 Å². The van der Waals surface area contributed by atoms with Gasteiger partial charge >= 0.3 is 0 Å². The molecule has 1 saturated carbocycles. The molecule has 1 N–H and O–H groups in total. The summed E-state index contributed by atoms with van der Waals surface area (Å²) in [5, 5.41) is 1.30. The zero-order valence-electron chi connectivity index (χ0n) is 13.3. The van der Waals surface area contributed by atoms with Crippen molar-refractivity contribution in [3.8, 4) is 0 Å². The summed E-state index contributed by atoms with van der Waals surface area (Å²) in [6.07, 6.45) is 6.69. The normalized spacial score (nSPS) is 26.1. The number of hydrazine groups is 1. The van der Waals surface area contributed by atoms with Crippen LogP contribution >= 0.6 is 0 Å². The number of anilines is 1. The van der Waals surface area contributed by atoms with E-state index in [1.54, 1.807) is 12.4 Å². The van der Waals surface area contributed by atoms with Crippen LogP contribution in [-0.4, -0.2) is 21.8 Å². The fraction of sp³-hybridized carbons (Fsp3) is 0.625. The smallest absolute Gasteiger partial charge is 0.248 e. The number of nitrogens with zero attached hydrogens (tertiary/aromatic N) is 3. The molecule has 1 aromatic rings. The van der Waals surface area contributed by atoms with Gasteiger partial charge in [-0.2, -0.15) is 0 Å². The molecule has 3 rings (SSSR count). The second-order valence-corrected chi connectivity index (χ2v) is 6.81. The number of amides is 2. The minimum absolute atomic E-state index is 0.0894. The summed E-state index contributed by atoms with van der Waals surface area (Å²) in [6.45, 7) is 5.76. The zero-order valence-corrected chi connectivity index (χ0v) is 13.3. The van der Waals surface area contributed by atoms with Gasteiger partial charge in [0.15, 0.2) is 5.82 Å². The van der Waals surface area contributed by atoms with E-state index in [-0.39, 0.29) is 24.2 Å². The zero-order chi connectivity index (χ0) is 15.9. The molecule has 2 fully saturated rings. The number of carbonyl (C=O) groups excluding carboxylic acids is 2. The van der Waals surface area contributed by atoms with E-state index >= 15 is 0 Å². The van der Waals surface area contributed by atoms with E-state index in [2.05, 4.69) is 15.4 Å². The second kappa shape index (κ2) is 5.34. The molecule has 2 aliphatic rings. The Kier molecular flexibility index (Phi) is 3.62. The number of nitrogens with one attached hydrogen (secondary N) is 1. The SMILES string of the molecule is CC(C)C1(C)CC(=O)N(c2nccnc2C2CCC2)NC1=O. The van der Waals surface area contributed by atoms with Crippen LogP contribution in [0.5, 0.6) is 0 Å². The first kappa shape index (κ1) is 14.9. The maximum Gasteiger partial charge on any atom is 0.248 e. The van der Waals surface area contributed by atoms with E-state index < -0.39 is 5.41 Å². The number of hydrogen-bond acceptors (Lipinski definition) is 4. The molecule has 0 bridgehead atoms. The van der Waals surface area contributed by atoms with Gasteiger partial charge in [0.05, 0.1) is 11.1 Å². The third kappa shape index (κ3) is 2.26. The molecule has 2 heterocycles. The van der Waals surface area contributed by atoms with E-state index in [0.717, 1.165) is 18.5 Å². The van der Waals surface area contributed by atoms with Crippen molar-refractivity contribution < 1.29 is 9.59 Å². The summed E-state index contributed by atoms with van der Waals surface area (Å²) < 4.78 is 0. The van der Waals surface area contributed by atoms with Crippen LogP contribution in [0.15, 0.2) is 12.4 Å². The van der Waals surface area contributed by atoms with E-state index in [1.807, 2.05) is 20.8 Å². The Morgan fingerprint density at radius 3 is 2.55 bits per heavy atom. The van der Waals surface area contributed by atoms with Crippen molar-refractivity contribution in [2.24, 2.45) is 11.3 Å². The number of rotatable bonds is 3. The molecule has 1 aliphatic carbocycles. The molecule has 0 aromatic carbocycles. The molecule has 118 valence electrons. The molecule has 0 spiro atoms. The Bertz CT molecular complexity index is 612. The van der Waals surface area contributed by atoms with Gasteiger partial charge in [0, 0.05) is 24.7 Å². The minimum Gasteiger partial charge on any atom is -0.273 e. The van der Waals surface area contributed by atoms with Crippen LogP contribution in [0.1, 0.15) is 58.1 Å². The van der Waals surface area contributed by atoms with E-state index in [1.165, 1.54) is 11.4 Å². The van der Waals surface area contributed by atoms with Gasteiger partial charge < -0.3 is 0 Å². The molecule has 1 saturated heterocycles. The van der Waals surface area contributed by atoms with E-state index in [0.29, 0.717) is 11.7 Å². The van der Waals surface area contributed by atoms with Gasteiger partial charge in [-0.05, 0) is 25.7 Å². The molecule has 6 heteroatoms. The Balaban J connectivity index is 1.91. The lowest BCUT2D eigenvalue weighted by molar-refractivity contribution is -0.143. The summed E-state index contributed by atoms with van der Waals surface area (Å²) in [4.78, 5) is 33.8. The van der Waals surface area contributed by atoms with Crippen molar-refractivity contribution >= 4 is 17.6 Å². The Hall–Kier alpha value is -1.98. The van der Waals surface area contributed by atoms with Crippen molar-refractivity contribution in [1.29, 1.82) is 0 Å². The van der Waals surface area contributed by atoms with Crippen molar-refractivity contribution in [2.75, 3.05) is 5.01 Å². The highest BCUT2D eigenvalue weighted by Gasteiger charge is 2.46. The van der Waals surface area contributed by atoms with Crippen LogP contribution in [0.2, 0.25) is 0 Å². The molecule has 1 unspecified atom stereocenters. The molecule has 22 heavy (non-hydrogen) atoms. The first-order chi connectivity index (χ1) is 10.4. The Morgan fingerprint density at radius 2 is 1.95 bits per heavy atom. The van der Waals surface area contributed by atoms with Gasteiger partial charge in [-0.25, -0.2) is 9.99 Å². The summed E-state index contributed by atoms with van der Waals surface area (Å²) in [7, 11) is 0.